The van der Waals surface area contributed by atoms with Crippen LogP contribution in [-0.2, 0) is 24.2 Å². The molecule has 0 saturated heterocycles. The maximum absolute atomic E-state index is 12.7. The van der Waals surface area contributed by atoms with E-state index in [-0.39, 0.29) is 11.9 Å². The number of hydrogen-bond donors (Lipinski definition) is 1. The molecule has 0 aliphatic carbocycles. The highest BCUT2D eigenvalue weighted by molar-refractivity contribution is 7.17. The van der Waals surface area contributed by atoms with Gasteiger partial charge in [-0.2, -0.15) is 0 Å². The van der Waals surface area contributed by atoms with Crippen LogP contribution >= 0.6 is 22.7 Å². The lowest BCUT2D eigenvalue weighted by Crippen LogP contribution is -2.29. The number of anilines is 1. The van der Waals surface area contributed by atoms with Crippen LogP contribution in [0.2, 0.25) is 0 Å². The van der Waals surface area contributed by atoms with Gasteiger partial charge in [0.05, 0.1) is 17.0 Å². The molecule has 0 fully saturated rings. The number of esters is 1. The summed E-state index contributed by atoms with van der Waals surface area (Å²) >= 11 is 2.87. The minimum absolute atomic E-state index is 0.190. The van der Waals surface area contributed by atoms with Crippen molar-refractivity contribution >= 4 is 39.6 Å². The molecule has 0 atom stereocenters. The summed E-state index contributed by atoms with van der Waals surface area (Å²) in [4.78, 5) is 29.3. The molecule has 3 aromatic rings. The highest BCUT2D eigenvalue weighted by Gasteiger charge is 2.29. The third-order valence-electron chi connectivity index (χ3n) is 4.84. The number of fused-ring (bicyclic) bond motifs is 1. The quantitative estimate of drug-likeness (QED) is 0.576. The van der Waals surface area contributed by atoms with Crippen molar-refractivity contribution in [2.45, 2.75) is 26.4 Å². The molecule has 1 aromatic carbocycles. The van der Waals surface area contributed by atoms with E-state index in [0.717, 1.165) is 36.5 Å². The van der Waals surface area contributed by atoms with Crippen LogP contribution in [0.25, 0.3) is 0 Å². The molecule has 150 valence electrons. The number of nitrogens with zero attached hydrogens (tertiary/aromatic N) is 1. The van der Waals surface area contributed by atoms with Gasteiger partial charge in [-0.25, -0.2) is 4.79 Å². The third-order valence-corrected chi connectivity index (χ3v) is 6.84. The number of thiophene rings is 2. The molecule has 0 saturated carbocycles. The second kappa shape index (κ2) is 8.90. The third kappa shape index (κ3) is 4.42. The van der Waals surface area contributed by atoms with Gasteiger partial charge in [0, 0.05) is 24.5 Å². The van der Waals surface area contributed by atoms with Gasteiger partial charge < -0.3 is 10.1 Å². The molecule has 0 radical (unpaired) electrons. The minimum atomic E-state index is -0.358. The van der Waals surface area contributed by atoms with Gasteiger partial charge in [0.2, 0.25) is 0 Å². The van der Waals surface area contributed by atoms with E-state index in [4.69, 9.17) is 4.74 Å². The van der Waals surface area contributed by atoms with E-state index in [2.05, 4.69) is 22.3 Å². The summed E-state index contributed by atoms with van der Waals surface area (Å²) in [7, 11) is 0. The number of benzene rings is 1. The Morgan fingerprint density at radius 1 is 1.17 bits per heavy atom. The molecule has 1 N–H and O–H groups in total. The van der Waals surface area contributed by atoms with Crippen molar-refractivity contribution in [1.82, 2.24) is 4.90 Å². The summed E-state index contributed by atoms with van der Waals surface area (Å²) < 4.78 is 5.29. The van der Waals surface area contributed by atoms with Crippen molar-refractivity contribution in [3.63, 3.8) is 0 Å². The Morgan fingerprint density at radius 3 is 2.72 bits per heavy atom. The molecule has 3 heterocycles. The molecule has 0 unspecified atom stereocenters. The summed E-state index contributed by atoms with van der Waals surface area (Å²) in [5.41, 5.74) is 2.81. The normalized spacial score (nSPS) is 13.7. The van der Waals surface area contributed by atoms with Crippen molar-refractivity contribution < 1.29 is 14.3 Å². The van der Waals surface area contributed by atoms with Crippen molar-refractivity contribution in [2.24, 2.45) is 0 Å². The monoisotopic (exact) mass is 426 g/mol. The average molecular weight is 427 g/mol. The Labute approximate surface area is 177 Å². The van der Waals surface area contributed by atoms with Crippen LogP contribution in [0.4, 0.5) is 5.00 Å². The molecule has 4 rings (SSSR count). The molecular formula is C22H22N2O3S2. The maximum atomic E-state index is 12.7. The fraction of sp³-hybridized carbons (Fsp3) is 0.273. The SMILES string of the molecule is CCOC(=O)c1c(NC(=O)c2cccs2)sc2c1CCN(Cc1ccccc1)C2. The molecule has 29 heavy (non-hydrogen) atoms. The Morgan fingerprint density at radius 2 is 2.00 bits per heavy atom. The second-order valence-electron chi connectivity index (χ2n) is 6.81. The summed E-state index contributed by atoms with van der Waals surface area (Å²) in [6, 6.07) is 14.0. The molecule has 1 amide bonds. The zero-order valence-corrected chi connectivity index (χ0v) is 17.8. The summed E-state index contributed by atoms with van der Waals surface area (Å²) in [6.45, 7) is 4.59. The van der Waals surface area contributed by atoms with Crippen LogP contribution in [0.15, 0.2) is 47.8 Å². The molecule has 1 aliphatic heterocycles. The van der Waals surface area contributed by atoms with Gasteiger partial charge in [0.25, 0.3) is 5.91 Å². The van der Waals surface area contributed by atoms with Gasteiger partial charge in [-0.3, -0.25) is 9.69 Å². The number of amides is 1. The first-order valence-electron chi connectivity index (χ1n) is 9.58. The number of carbonyl (C=O) groups is 2. The Bertz CT molecular complexity index is 997. The maximum Gasteiger partial charge on any atom is 0.341 e. The lowest BCUT2D eigenvalue weighted by Gasteiger charge is -2.27. The number of hydrogen-bond acceptors (Lipinski definition) is 6. The van der Waals surface area contributed by atoms with E-state index in [0.29, 0.717) is 22.0 Å². The lowest BCUT2D eigenvalue weighted by molar-refractivity contribution is 0.0526. The van der Waals surface area contributed by atoms with Crippen molar-refractivity contribution in [1.29, 1.82) is 0 Å². The first kappa shape index (κ1) is 19.8. The summed E-state index contributed by atoms with van der Waals surface area (Å²) in [6.07, 6.45) is 0.766. The Balaban J connectivity index is 1.59. The van der Waals surface area contributed by atoms with Crippen molar-refractivity contribution in [3.05, 3.63) is 74.3 Å². The van der Waals surface area contributed by atoms with E-state index in [9.17, 15) is 9.59 Å². The van der Waals surface area contributed by atoms with Gasteiger partial charge in [-0.05, 0) is 35.9 Å². The highest BCUT2D eigenvalue weighted by atomic mass is 32.1. The van der Waals surface area contributed by atoms with Gasteiger partial charge in [0.15, 0.2) is 0 Å². The van der Waals surface area contributed by atoms with Crippen LogP contribution in [0.1, 0.15) is 43.0 Å². The predicted octanol–water partition coefficient (Wildman–Crippen LogP) is 4.80. The number of ether oxygens (including phenoxy) is 1. The van der Waals surface area contributed by atoms with Crippen molar-refractivity contribution in [3.8, 4) is 0 Å². The minimum Gasteiger partial charge on any atom is -0.462 e. The van der Waals surface area contributed by atoms with E-state index < -0.39 is 0 Å². The Kier molecular flexibility index (Phi) is 6.08. The molecule has 0 spiro atoms. The second-order valence-corrected chi connectivity index (χ2v) is 8.86. The molecule has 0 bridgehead atoms. The number of nitrogens with one attached hydrogen (secondary N) is 1. The average Bonchev–Trinajstić information content (AvgIpc) is 3.36. The Hall–Kier alpha value is -2.48. The van der Waals surface area contributed by atoms with E-state index in [1.165, 1.54) is 28.2 Å². The topological polar surface area (TPSA) is 58.6 Å². The summed E-state index contributed by atoms with van der Waals surface area (Å²) in [5.74, 6) is -0.548. The van der Waals surface area contributed by atoms with Gasteiger partial charge in [-0.1, -0.05) is 36.4 Å². The van der Waals surface area contributed by atoms with Gasteiger partial charge in [0.1, 0.15) is 5.00 Å². The first-order valence-corrected chi connectivity index (χ1v) is 11.3. The smallest absolute Gasteiger partial charge is 0.341 e. The van der Waals surface area contributed by atoms with Crippen LogP contribution in [-0.4, -0.2) is 29.9 Å². The summed E-state index contributed by atoms with van der Waals surface area (Å²) in [5, 5.41) is 5.40. The van der Waals surface area contributed by atoms with Crippen LogP contribution in [0.5, 0.6) is 0 Å². The number of rotatable bonds is 6. The first-order chi connectivity index (χ1) is 14.2. The molecule has 7 heteroatoms. The zero-order valence-electron chi connectivity index (χ0n) is 16.1. The van der Waals surface area contributed by atoms with Crippen LogP contribution in [0.3, 0.4) is 0 Å². The molecular weight excluding hydrogens is 404 g/mol. The van der Waals surface area contributed by atoms with E-state index in [1.807, 2.05) is 29.6 Å². The van der Waals surface area contributed by atoms with Gasteiger partial charge in [-0.15, -0.1) is 22.7 Å². The highest BCUT2D eigenvalue weighted by Crippen LogP contribution is 2.38. The largest absolute Gasteiger partial charge is 0.462 e. The number of carbonyl (C=O) groups excluding carboxylic acids is 2. The zero-order chi connectivity index (χ0) is 20.2. The van der Waals surface area contributed by atoms with Crippen LogP contribution < -0.4 is 5.32 Å². The van der Waals surface area contributed by atoms with E-state index >= 15 is 0 Å². The lowest BCUT2D eigenvalue weighted by atomic mass is 10.0. The molecule has 5 nitrogen and oxygen atoms in total. The van der Waals surface area contributed by atoms with E-state index in [1.54, 1.807) is 13.0 Å². The fourth-order valence-electron chi connectivity index (χ4n) is 3.51. The standard InChI is InChI=1S/C22H22N2O3S2/c1-2-27-22(26)19-16-10-11-24(13-15-7-4-3-5-8-15)14-18(16)29-21(19)23-20(25)17-9-6-12-28-17/h3-9,12H,2,10-11,13-14H2,1H3,(H,23,25). The predicted molar refractivity (Wildman–Crippen MR) is 117 cm³/mol. The molecule has 1 aliphatic rings. The molecule has 2 aromatic heterocycles. The van der Waals surface area contributed by atoms with Gasteiger partial charge >= 0.3 is 5.97 Å². The van der Waals surface area contributed by atoms with Crippen molar-refractivity contribution in [2.75, 3.05) is 18.5 Å². The fourth-order valence-corrected chi connectivity index (χ4v) is 5.40. The van der Waals surface area contributed by atoms with Crippen LogP contribution in [0, 0.1) is 0 Å².